The molecule has 0 radical (unpaired) electrons. The Morgan fingerprint density at radius 2 is 1.60 bits per heavy atom. The maximum absolute atomic E-state index is 13.1. The second-order valence-corrected chi connectivity index (χ2v) is 11.8. The summed E-state index contributed by atoms with van der Waals surface area (Å²) in [6.45, 7) is 2.83. The van der Waals surface area contributed by atoms with Gasteiger partial charge in [0.25, 0.3) is 0 Å². The van der Waals surface area contributed by atoms with Crippen molar-refractivity contribution in [3.63, 3.8) is 0 Å². The van der Waals surface area contributed by atoms with E-state index in [1.807, 2.05) is 0 Å². The molecule has 40 heavy (non-hydrogen) atoms. The van der Waals surface area contributed by atoms with Crippen LogP contribution in [0.4, 0.5) is 0 Å². The molecule has 0 spiro atoms. The highest BCUT2D eigenvalue weighted by atomic mass is 35.5. The number of phosphoric ester groups is 1. The van der Waals surface area contributed by atoms with Crippen LogP contribution in [0.25, 0.3) is 0 Å². The normalized spacial score (nSPS) is 13.3. The van der Waals surface area contributed by atoms with Crippen molar-refractivity contribution in [3.05, 3.63) is 53.2 Å². The number of hydrogen-bond acceptors (Lipinski definition) is 8. The van der Waals surface area contributed by atoms with E-state index in [-0.39, 0.29) is 29.9 Å². The number of ether oxygens (including phenoxy) is 2. The van der Waals surface area contributed by atoms with Crippen molar-refractivity contribution in [1.82, 2.24) is 4.98 Å². The van der Waals surface area contributed by atoms with Crippen LogP contribution >= 0.6 is 19.4 Å². The lowest BCUT2D eigenvalue weighted by molar-refractivity contribution is 0.0152. The van der Waals surface area contributed by atoms with Gasteiger partial charge in [-0.2, -0.15) is 5.26 Å². The first-order valence-corrected chi connectivity index (χ1v) is 16.2. The van der Waals surface area contributed by atoms with Crippen molar-refractivity contribution in [2.45, 2.75) is 90.1 Å². The van der Waals surface area contributed by atoms with E-state index >= 15 is 0 Å². The van der Waals surface area contributed by atoms with Gasteiger partial charge in [-0.05, 0) is 24.6 Å². The minimum atomic E-state index is -3.99. The summed E-state index contributed by atoms with van der Waals surface area (Å²) in [5.74, 6) is 0.416. The predicted molar refractivity (Wildman–Crippen MR) is 158 cm³/mol. The Morgan fingerprint density at radius 3 is 2.23 bits per heavy atom. The molecule has 2 rings (SSSR count). The van der Waals surface area contributed by atoms with Gasteiger partial charge in [0.15, 0.2) is 0 Å². The molecule has 0 saturated heterocycles. The molecule has 2 atom stereocenters. The molecule has 2 aromatic rings. The first kappa shape index (κ1) is 34.1. The number of nitriles is 1. The molecule has 1 aromatic carbocycles. The lowest BCUT2D eigenvalue weighted by atomic mass is 10.1. The van der Waals surface area contributed by atoms with Gasteiger partial charge < -0.3 is 14.0 Å². The van der Waals surface area contributed by atoms with E-state index in [9.17, 15) is 9.83 Å². The van der Waals surface area contributed by atoms with Crippen LogP contribution in [0.15, 0.2) is 42.6 Å². The number of aromatic nitrogens is 1. The summed E-state index contributed by atoms with van der Waals surface area (Å²) >= 11 is 6.12. The Labute approximate surface area is 244 Å². The fraction of sp³-hybridized carbons (Fsp3) is 0.600. The zero-order chi connectivity index (χ0) is 28.9. The Balaban J connectivity index is 1.76. The molecular weight excluding hydrogens is 551 g/mol. The SMILES string of the molecule is CCCCCCCCCCCCCCOC[C@H](COP(=O)(OC)Oc1ccccc1Cl)Oc1cc(C#N)ccn1. The molecule has 8 nitrogen and oxygen atoms in total. The van der Waals surface area contributed by atoms with Crippen molar-refractivity contribution in [1.29, 1.82) is 5.26 Å². The van der Waals surface area contributed by atoms with Gasteiger partial charge >= 0.3 is 7.82 Å². The molecule has 0 aliphatic carbocycles. The van der Waals surface area contributed by atoms with E-state index in [4.69, 9.17) is 34.6 Å². The Kier molecular flexibility index (Phi) is 17.6. The molecule has 0 aliphatic heterocycles. The third-order valence-electron chi connectivity index (χ3n) is 6.29. The number of benzene rings is 1. The van der Waals surface area contributed by atoms with Gasteiger partial charge in [0, 0.05) is 26.0 Å². The third kappa shape index (κ3) is 14.5. The minimum absolute atomic E-state index is 0.160. The van der Waals surface area contributed by atoms with Crippen molar-refractivity contribution in [3.8, 4) is 17.7 Å². The van der Waals surface area contributed by atoms with Crippen LogP contribution < -0.4 is 9.26 Å². The van der Waals surface area contributed by atoms with Crippen molar-refractivity contribution in [2.24, 2.45) is 0 Å². The van der Waals surface area contributed by atoms with E-state index in [0.717, 1.165) is 12.8 Å². The lowest BCUT2D eigenvalue weighted by Gasteiger charge is -2.22. The molecule has 10 heteroatoms. The summed E-state index contributed by atoms with van der Waals surface area (Å²) < 4.78 is 40.9. The van der Waals surface area contributed by atoms with Crippen LogP contribution in [0.5, 0.6) is 11.6 Å². The summed E-state index contributed by atoms with van der Waals surface area (Å²) in [6, 6.07) is 11.8. The molecule has 222 valence electrons. The Morgan fingerprint density at radius 1 is 0.950 bits per heavy atom. The van der Waals surface area contributed by atoms with Crippen molar-refractivity contribution >= 4 is 19.4 Å². The Hall–Kier alpha value is -2.14. The van der Waals surface area contributed by atoms with E-state index < -0.39 is 13.9 Å². The van der Waals surface area contributed by atoms with Crippen LogP contribution in [0.3, 0.4) is 0 Å². The van der Waals surface area contributed by atoms with Gasteiger partial charge in [0.1, 0.15) is 11.9 Å². The molecule has 0 fully saturated rings. The first-order chi connectivity index (χ1) is 19.5. The van der Waals surface area contributed by atoms with Gasteiger partial charge in [-0.1, -0.05) is 101 Å². The molecule has 0 saturated carbocycles. The van der Waals surface area contributed by atoms with Crippen LogP contribution in [-0.2, 0) is 18.3 Å². The number of unbranched alkanes of at least 4 members (excludes halogenated alkanes) is 11. The first-order valence-electron chi connectivity index (χ1n) is 14.3. The Bertz CT molecular complexity index is 1050. The summed E-state index contributed by atoms with van der Waals surface area (Å²) in [4.78, 5) is 4.16. The maximum Gasteiger partial charge on any atom is 0.529 e. The molecule has 0 amide bonds. The van der Waals surface area contributed by atoms with Gasteiger partial charge in [0.2, 0.25) is 5.88 Å². The molecule has 0 N–H and O–H groups in total. The fourth-order valence-corrected chi connectivity index (χ4v) is 5.23. The highest BCUT2D eigenvalue weighted by Gasteiger charge is 2.30. The van der Waals surface area contributed by atoms with E-state index in [1.165, 1.54) is 83.6 Å². The number of pyridine rings is 1. The monoisotopic (exact) mass is 594 g/mol. The van der Waals surface area contributed by atoms with Crippen LogP contribution in [0.2, 0.25) is 5.02 Å². The van der Waals surface area contributed by atoms with Gasteiger partial charge in [-0.15, -0.1) is 0 Å². The minimum Gasteiger partial charge on any atom is -0.469 e. The predicted octanol–water partition coefficient (Wildman–Crippen LogP) is 8.92. The molecule has 1 aromatic heterocycles. The van der Waals surface area contributed by atoms with Gasteiger partial charge in [-0.3, -0.25) is 9.05 Å². The smallest absolute Gasteiger partial charge is 0.469 e. The molecular formula is C30H44ClN2O6P. The standard InChI is InChI=1S/C30H44ClN2O6P/c1-3-4-5-6-7-8-9-10-11-12-13-16-21-36-24-27(38-30-22-26(23-32)19-20-33-30)25-37-40(34,35-2)39-29-18-15-14-17-28(29)31/h14-15,17-20,22,27H,3-13,16,21,24-25H2,1-2H3/t27-,40?/m1/s1. The zero-order valence-electron chi connectivity index (χ0n) is 23.9. The van der Waals surface area contributed by atoms with Gasteiger partial charge in [-0.25, -0.2) is 9.55 Å². The average molecular weight is 595 g/mol. The third-order valence-corrected chi connectivity index (χ3v) is 7.93. The highest BCUT2D eigenvalue weighted by molar-refractivity contribution is 7.48. The largest absolute Gasteiger partial charge is 0.529 e. The average Bonchev–Trinajstić information content (AvgIpc) is 2.97. The summed E-state index contributed by atoms with van der Waals surface area (Å²) in [6.07, 6.45) is 16.1. The number of hydrogen-bond donors (Lipinski definition) is 0. The maximum atomic E-state index is 13.1. The van der Waals surface area contributed by atoms with E-state index in [0.29, 0.717) is 12.2 Å². The molecule has 1 heterocycles. The molecule has 0 bridgehead atoms. The van der Waals surface area contributed by atoms with E-state index in [2.05, 4.69) is 18.0 Å². The number of para-hydroxylation sites is 1. The summed E-state index contributed by atoms with van der Waals surface area (Å²) in [5, 5.41) is 9.46. The van der Waals surface area contributed by atoms with Crippen LogP contribution in [0, 0.1) is 11.3 Å². The lowest BCUT2D eigenvalue weighted by Crippen LogP contribution is -2.29. The zero-order valence-corrected chi connectivity index (χ0v) is 25.5. The van der Waals surface area contributed by atoms with Crippen molar-refractivity contribution in [2.75, 3.05) is 26.9 Å². The second kappa shape index (κ2) is 20.7. The highest BCUT2D eigenvalue weighted by Crippen LogP contribution is 2.50. The van der Waals surface area contributed by atoms with E-state index in [1.54, 1.807) is 30.3 Å². The summed E-state index contributed by atoms with van der Waals surface area (Å²) in [7, 11) is -2.76. The quantitative estimate of drug-likeness (QED) is 0.0928. The topological polar surface area (TPSA) is 99.9 Å². The van der Waals surface area contributed by atoms with Gasteiger partial charge in [0.05, 0.1) is 29.9 Å². The fourth-order valence-electron chi connectivity index (χ4n) is 4.02. The number of nitrogens with zero attached hydrogens (tertiary/aromatic N) is 2. The second-order valence-electron chi connectivity index (χ2n) is 9.65. The number of halogens is 1. The van der Waals surface area contributed by atoms with Crippen LogP contribution in [0.1, 0.15) is 89.5 Å². The van der Waals surface area contributed by atoms with Crippen LogP contribution in [-0.4, -0.2) is 38.0 Å². The summed E-state index contributed by atoms with van der Waals surface area (Å²) in [5.41, 5.74) is 0.409. The molecule has 0 aliphatic rings. The number of rotatable bonds is 23. The molecule has 1 unspecified atom stereocenters. The van der Waals surface area contributed by atoms with Crippen molar-refractivity contribution < 1.29 is 27.6 Å². The number of phosphoric acid groups is 1.